The Labute approximate surface area is 142 Å². The normalized spacial score (nSPS) is 17.0. The first kappa shape index (κ1) is 18.1. The molecule has 1 aliphatic rings. The molecule has 0 aromatic heterocycles. The van der Waals surface area contributed by atoms with Crippen LogP contribution in [-0.4, -0.2) is 40.2 Å². The van der Waals surface area contributed by atoms with Gasteiger partial charge in [-0.05, 0) is 23.8 Å². The zero-order chi connectivity index (χ0) is 16.2. The predicted octanol–water partition coefficient (Wildman–Crippen LogP) is 1.57. The molecule has 0 amide bonds. The molecule has 0 aliphatic carbocycles. The largest absolute Gasteiger partial charge is 0.491 e. The number of benzene rings is 2. The number of hydrogen-bond donors (Lipinski definition) is 0. The first-order valence-corrected chi connectivity index (χ1v) is 8.35. The van der Waals surface area contributed by atoms with Crippen molar-refractivity contribution in [2.75, 3.05) is 20.3 Å². The van der Waals surface area contributed by atoms with E-state index in [2.05, 4.69) is 0 Å². The summed E-state index contributed by atoms with van der Waals surface area (Å²) in [6, 6.07) is 14.7. The van der Waals surface area contributed by atoms with E-state index in [1.54, 1.807) is 18.2 Å². The number of nitrogens with zero attached hydrogens (tertiary/aromatic N) is 1. The first-order valence-electron chi connectivity index (χ1n) is 7.25. The molecule has 7 heteroatoms. The molecule has 1 unspecified atom stereocenters. The molecule has 0 spiro atoms. The van der Waals surface area contributed by atoms with Gasteiger partial charge in [0.2, 0.25) is 0 Å². The van der Waals surface area contributed by atoms with E-state index >= 15 is 0 Å². The molecule has 1 aliphatic heterocycles. The van der Waals surface area contributed by atoms with Gasteiger partial charge in [-0.25, -0.2) is 13.3 Å². The van der Waals surface area contributed by atoms with Gasteiger partial charge in [0, 0.05) is 13.1 Å². The maximum absolute atomic E-state index is 12.9. The Bertz CT molecular complexity index is 735. The molecule has 0 radical (unpaired) electrons. The number of esters is 1. The van der Waals surface area contributed by atoms with Crippen molar-refractivity contribution in [3.05, 3.63) is 59.7 Å². The molecule has 128 valence electrons. The van der Waals surface area contributed by atoms with Gasteiger partial charge >= 0.3 is 5.97 Å². The van der Waals surface area contributed by atoms with Crippen molar-refractivity contribution >= 4 is 17.0 Å². The van der Waals surface area contributed by atoms with Crippen LogP contribution in [0.1, 0.15) is 15.9 Å². The Morgan fingerprint density at radius 2 is 2.00 bits per heavy atom. The summed E-state index contributed by atoms with van der Waals surface area (Å²) in [6.45, 7) is 1.55. The van der Waals surface area contributed by atoms with E-state index in [1.165, 1.54) is 7.11 Å². The smallest absolute Gasteiger partial charge is 0.337 e. The van der Waals surface area contributed by atoms with Gasteiger partial charge in [-0.2, -0.15) is 0 Å². The fraction of sp³-hybridized carbons (Fsp3) is 0.235. The molecule has 2 aromatic rings. The average molecular weight is 349 g/mol. The lowest BCUT2D eigenvalue weighted by Gasteiger charge is -2.18. The summed E-state index contributed by atoms with van der Waals surface area (Å²) >= 11 is 0. The van der Waals surface area contributed by atoms with Crippen LogP contribution in [0, 0.1) is 0 Å². The van der Waals surface area contributed by atoms with Crippen LogP contribution in [0.3, 0.4) is 0 Å². The number of hydrogen-bond acceptors (Lipinski definition) is 4. The van der Waals surface area contributed by atoms with Crippen molar-refractivity contribution in [2.45, 2.75) is 11.4 Å². The fourth-order valence-electron chi connectivity index (χ4n) is 2.41. The van der Waals surface area contributed by atoms with Gasteiger partial charge in [0.25, 0.3) is 0 Å². The summed E-state index contributed by atoms with van der Waals surface area (Å²) < 4.78 is 25.1. The second-order valence-corrected chi connectivity index (χ2v) is 6.55. The van der Waals surface area contributed by atoms with Crippen LogP contribution in [-0.2, 0) is 22.3 Å². The van der Waals surface area contributed by atoms with E-state index in [-0.39, 0.29) is 5.48 Å². The van der Waals surface area contributed by atoms with Crippen LogP contribution in [0.25, 0.3) is 0 Å². The minimum absolute atomic E-state index is 0. The Balaban J connectivity index is 0.00000208. The lowest BCUT2D eigenvalue weighted by atomic mass is 10.2. The zero-order valence-electron chi connectivity index (χ0n) is 13.2. The highest BCUT2D eigenvalue weighted by atomic mass is 32.2. The number of methoxy groups -OCH3 is 1. The standard InChI is InChI=1S/C17H17NO4S.H2O/c1-21-17(19)14-7-8-15-16(11-14)23(20)18(9-10-22-15)12-13-5-3-2-4-6-13;/h2-8,11H,9-10,12H2,1H3;1H2. The summed E-state index contributed by atoms with van der Waals surface area (Å²) in [7, 11) is -0.0764. The molecular weight excluding hydrogens is 330 g/mol. The summed E-state index contributed by atoms with van der Waals surface area (Å²) in [4.78, 5) is 12.2. The van der Waals surface area contributed by atoms with Crippen molar-refractivity contribution in [3.8, 4) is 5.75 Å². The Kier molecular flexibility index (Phi) is 6.08. The second kappa shape index (κ2) is 8.05. The monoisotopic (exact) mass is 349 g/mol. The Morgan fingerprint density at radius 1 is 1.25 bits per heavy atom. The maximum Gasteiger partial charge on any atom is 0.337 e. The number of ether oxygens (including phenoxy) is 2. The number of fused-ring (bicyclic) bond motifs is 1. The highest BCUT2D eigenvalue weighted by molar-refractivity contribution is 7.82. The van der Waals surface area contributed by atoms with Gasteiger partial charge in [0.1, 0.15) is 23.3 Å². The van der Waals surface area contributed by atoms with Crippen LogP contribution in [0.5, 0.6) is 5.75 Å². The minimum atomic E-state index is -1.40. The molecular formula is C17H19NO5S. The van der Waals surface area contributed by atoms with Crippen molar-refractivity contribution in [2.24, 2.45) is 0 Å². The molecule has 0 bridgehead atoms. The molecule has 3 rings (SSSR count). The summed E-state index contributed by atoms with van der Waals surface area (Å²) in [6.07, 6.45) is 0. The molecule has 6 nitrogen and oxygen atoms in total. The van der Waals surface area contributed by atoms with Gasteiger partial charge in [0.15, 0.2) is 0 Å². The first-order chi connectivity index (χ1) is 11.2. The Hall–Kier alpha value is -2.22. The molecule has 24 heavy (non-hydrogen) atoms. The van der Waals surface area contributed by atoms with Crippen molar-refractivity contribution in [1.29, 1.82) is 0 Å². The third-order valence-electron chi connectivity index (χ3n) is 3.59. The minimum Gasteiger partial charge on any atom is -0.491 e. The highest BCUT2D eigenvalue weighted by Gasteiger charge is 2.24. The quantitative estimate of drug-likeness (QED) is 0.787. The molecule has 2 N–H and O–H groups in total. The summed E-state index contributed by atoms with van der Waals surface area (Å²) in [5.74, 6) is 0.0928. The van der Waals surface area contributed by atoms with Crippen molar-refractivity contribution in [3.63, 3.8) is 0 Å². The van der Waals surface area contributed by atoms with Gasteiger partial charge in [-0.1, -0.05) is 30.3 Å². The summed E-state index contributed by atoms with van der Waals surface area (Å²) in [5.41, 5.74) is 1.44. The van der Waals surface area contributed by atoms with Gasteiger partial charge in [-0.3, -0.25) is 0 Å². The molecule has 0 saturated carbocycles. The van der Waals surface area contributed by atoms with Crippen LogP contribution < -0.4 is 4.74 Å². The van der Waals surface area contributed by atoms with E-state index < -0.39 is 17.0 Å². The van der Waals surface area contributed by atoms with Crippen molar-refractivity contribution < 1.29 is 24.0 Å². The number of carbonyl (C=O) groups is 1. The van der Waals surface area contributed by atoms with E-state index in [1.807, 2.05) is 34.6 Å². The lowest BCUT2D eigenvalue weighted by molar-refractivity contribution is 0.0600. The van der Waals surface area contributed by atoms with E-state index in [9.17, 15) is 9.00 Å². The molecule has 1 heterocycles. The van der Waals surface area contributed by atoms with E-state index in [0.29, 0.717) is 35.9 Å². The van der Waals surface area contributed by atoms with Gasteiger partial charge < -0.3 is 14.9 Å². The summed E-state index contributed by atoms with van der Waals surface area (Å²) in [5, 5.41) is 0. The van der Waals surface area contributed by atoms with Crippen LogP contribution >= 0.6 is 0 Å². The number of rotatable bonds is 3. The second-order valence-electron chi connectivity index (χ2n) is 5.10. The molecule has 0 saturated heterocycles. The topological polar surface area (TPSA) is 87.3 Å². The fourth-order valence-corrected chi connectivity index (χ4v) is 3.72. The average Bonchev–Trinajstić information content (AvgIpc) is 2.74. The van der Waals surface area contributed by atoms with Crippen LogP contribution in [0.4, 0.5) is 0 Å². The van der Waals surface area contributed by atoms with Crippen LogP contribution in [0.2, 0.25) is 0 Å². The van der Waals surface area contributed by atoms with E-state index in [0.717, 1.165) is 5.56 Å². The van der Waals surface area contributed by atoms with Crippen LogP contribution in [0.15, 0.2) is 53.4 Å². The third kappa shape index (κ3) is 3.81. The molecule has 2 aromatic carbocycles. The highest BCUT2D eigenvalue weighted by Crippen LogP contribution is 2.29. The number of carbonyl (C=O) groups excluding carboxylic acids is 1. The molecule has 1 atom stereocenters. The van der Waals surface area contributed by atoms with Gasteiger partial charge in [-0.15, -0.1) is 0 Å². The predicted molar refractivity (Wildman–Crippen MR) is 90.2 cm³/mol. The van der Waals surface area contributed by atoms with Gasteiger partial charge in [0.05, 0.1) is 17.6 Å². The van der Waals surface area contributed by atoms with Crippen molar-refractivity contribution in [1.82, 2.24) is 4.31 Å². The lowest BCUT2D eigenvalue weighted by Crippen LogP contribution is -2.27. The molecule has 0 fully saturated rings. The zero-order valence-corrected chi connectivity index (χ0v) is 14.0. The third-order valence-corrected chi connectivity index (χ3v) is 5.06. The Morgan fingerprint density at radius 3 is 2.71 bits per heavy atom. The van der Waals surface area contributed by atoms with E-state index in [4.69, 9.17) is 9.47 Å². The SMILES string of the molecule is COC(=O)c1ccc2c(c1)S(=O)N(Cc1ccccc1)CCO2.O. The maximum atomic E-state index is 12.9.